The summed E-state index contributed by atoms with van der Waals surface area (Å²) >= 11 is 0. The summed E-state index contributed by atoms with van der Waals surface area (Å²) < 4.78 is 31.4. The fourth-order valence-electron chi connectivity index (χ4n) is 3.26. The highest BCUT2D eigenvalue weighted by atomic mass is 32.2. The molecule has 0 saturated carbocycles. The highest BCUT2D eigenvalue weighted by Crippen LogP contribution is 2.23. The Morgan fingerprint density at radius 3 is 2.63 bits per heavy atom. The molecule has 1 amide bonds. The third kappa shape index (κ3) is 4.30. The molecule has 8 nitrogen and oxygen atoms in total. The molecule has 0 N–H and O–H groups in total. The first-order valence-electron chi connectivity index (χ1n) is 8.70. The number of piperidine rings is 1. The van der Waals surface area contributed by atoms with Gasteiger partial charge in [0.1, 0.15) is 12.1 Å². The Balaban J connectivity index is 1.68. The smallest absolute Gasteiger partial charge is 0.329 e. The van der Waals surface area contributed by atoms with Crippen LogP contribution < -0.4 is 4.74 Å². The Labute approximate surface area is 159 Å². The van der Waals surface area contributed by atoms with Crippen molar-refractivity contribution in [1.82, 2.24) is 18.8 Å². The number of benzene rings is 1. The molecule has 0 spiro atoms. The quantitative estimate of drug-likeness (QED) is 0.793. The van der Waals surface area contributed by atoms with Crippen molar-refractivity contribution in [1.29, 1.82) is 0 Å². The minimum absolute atomic E-state index is 0.00170. The Bertz CT molecular complexity index is 917. The number of carbonyl (C=O) groups excluding carboxylic acids is 1. The Morgan fingerprint density at radius 2 is 2.00 bits per heavy atom. The summed E-state index contributed by atoms with van der Waals surface area (Å²) in [5.41, 5.74) is 1.55. The molecule has 1 aromatic carbocycles. The summed E-state index contributed by atoms with van der Waals surface area (Å²) in [6, 6.07) is 7.30. The lowest BCUT2D eigenvalue weighted by atomic mass is 10.1. The van der Waals surface area contributed by atoms with Crippen LogP contribution >= 0.6 is 0 Å². The molecule has 146 valence electrons. The van der Waals surface area contributed by atoms with Gasteiger partial charge in [0.05, 0.1) is 19.1 Å². The topological polar surface area (TPSA) is 84.7 Å². The highest BCUT2D eigenvalue weighted by Gasteiger charge is 2.29. The molecular formula is C18H24N4O4S. The second-order valence-corrected chi connectivity index (χ2v) is 8.67. The van der Waals surface area contributed by atoms with Crippen molar-refractivity contribution < 1.29 is 17.9 Å². The second kappa shape index (κ2) is 7.69. The first-order valence-corrected chi connectivity index (χ1v) is 10.5. The highest BCUT2D eigenvalue weighted by molar-refractivity contribution is 7.88. The normalized spacial score (nSPS) is 16.3. The first kappa shape index (κ1) is 19.4. The molecule has 9 heteroatoms. The zero-order valence-corrected chi connectivity index (χ0v) is 16.5. The summed E-state index contributed by atoms with van der Waals surface area (Å²) in [4.78, 5) is 18.8. The maximum absolute atomic E-state index is 12.8. The second-order valence-electron chi connectivity index (χ2n) is 6.68. The summed E-state index contributed by atoms with van der Waals surface area (Å²) in [5, 5.41) is 0. The lowest BCUT2D eigenvalue weighted by Gasteiger charge is -2.35. The maximum Gasteiger partial charge on any atom is 0.329 e. The zero-order valence-electron chi connectivity index (χ0n) is 15.7. The van der Waals surface area contributed by atoms with Crippen LogP contribution in [0.25, 0.3) is 11.3 Å². The number of rotatable bonds is 4. The first-order chi connectivity index (χ1) is 12.8. The van der Waals surface area contributed by atoms with Crippen molar-refractivity contribution in [3.8, 4) is 17.0 Å². The Morgan fingerprint density at radius 1 is 1.30 bits per heavy atom. The number of carbonyl (C=O) groups is 1. The predicted octanol–water partition coefficient (Wildman–Crippen LogP) is 1.88. The van der Waals surface area contributed by atoms with Crippen molar-refractivity contribution in [2.24, 2.45) is 0 Å². The molecule has 0 bridgehead atoms. The van der Waals surface area contributed by atoms with E-state index in [4.69, 9.17) is 4.74 Å². The van der Waals surface area contributed by atoms with Gasteiger partial charge in [-0.2, -0.15) is 0 Å². The van der Waals surface area contributed by atoms with E-state index < -0.39 is 10.0 Å². The van der Waals surface area contributed by atoms with E-state index >= 15 is 0 Å². The van der Waals surface area contributed by atoms with Gasteiger partial charge >= 0.3 is 6.03 Å². The molecule has 0 atom stereocenters. The van der Waals surface area contributed by atoms with E-state index in [-0.39, 0.29) is 12.1 Å². The van der Waals surface area contributed by atoms with Crippen LogP contribution in [0, 0.1) is 0 Å². The van der Waals surface area contributed by atoms with Crippen LogP contribution in [0.2, 0.25) is 0 Å². The van der Waals surface area contributed by atoms with Gasteiger partial charge in [0.15, 0.2) is 0 Å². The Hall–Kier alpha value is -2.39. The number of aromatic nitrogens is 2. The number of hydrogen-bond donors (Lipinski definition) is 0. The van der Waals surface area contributed by atoms with Crippen molar-refractivity contribution >= 4 is 16.1 Å². The molecule has 1 fully saturated rings. The third-order valence-electron chi connectivity index (χ3n) is 4.91. The van der Waals surface area contributed by atoms with E-state index in [1.54, 1.807) is 25.3 Å². The van der Waals surface area contributed by atoms with Gasteiger partial charge in [-0.15, -0.1) is 0 Å². The van der Waals surface area contributed by atoms with Gasteiger partial charge in [-0.1, -0.05) is 12.1 Å². The largest absolute Gasteiger partial charge is 0.497 e. The number of nitrogens with zero attached hydrogens (tertiary/aromatic N) is 4. The van der Waals surface area contributed by atoms with Gasteiger partial charge < -0.3 is 9.64 Å². The van der Waals surface area contributed by atoms with Crippen molar-refractivity contribution in [2.75, 3.05) is 33.5 Å². The molecule has 1 aromatic heterocycles. The van der Waals surface area contributed by atoms with Crippen molar-refractivity contribution in [3.63, 3.8) is 0 Å². The predicted molar refractivity (Wildman–Crippen MR) is 102 cm³/mol. The van der Waals surface area contributed by atoms with Gasteiger partial charge in [0.2, 0.25) is 10.0 Å². The van der Waals surface area contributed by atoms with E-state index in [1.165, 1.54) is 21.5 Å². The van der Waals surface area contributed by atoms with Crippen molar-refractivity contribution in [3.05, 3.63) is 36.8 Å². The molecule has 1 aliphatic heterocycles. The fourth-order valence-corrected chi connectivity index (χ4v) is 4.13. The maximum atomic E-state index is 12.8. The van der Waals surface area contributed by atoms with Crippen LogP contribution in [0.4, 0.5) is 4.79 Å². The van der Waals surface area contributed by atoms with Crippen LogP contribution in [0.1, 0.15) is 12.8 Å². The van der Waals surface area contributed by atoms with E-state index in [9.17, 15) is 13.2 Å². The fraction of sp³-hybridized carbons (Fsp3) is 0.444. The molecule has 1 aliphatic rings. The molecule has 2 heterocycles. The zero-order chi connectivity index (χ0) is 19.6. The van der Waals surface area contributed by atoms with E-state index in [1.807, 2.05) is 24.3 Å². The van der Waals surface area contributed by atoms with Crippen LogP contribution in [0.5, 0.6) is 5.75 Å². The van der Waals surface area contributed by atoms with Gasteiger partial charge in [-0.3, -0.25) is 4.57 Å². The number of ether oxygens (including phenoxy) is 1. The minimum atomic E-state index is -3.18. The van der Waals surface area contributed by atoms with Gasteiger partial charge in [0.25, 0.3) is 0 Å². The lowest BCUT2D eigenvalue weighted by molar-refractivity contribution is 0.164. The molecule has 0 radical (unpaired) electrons. The summed E-state index contributed by atoms with van der Waals surface area (Å²) in [6.07, 6.45) is 5.64. The Kier molecular flexibility index (Phi) is 5.52. The number of methoxy groups -OCH3 is 1. The lowest BCUT2D eigenvalue weighted by Crippen LogP contribution is -2.47. The van der Waals surface area contributed by atoms with E-state index in [2.05, 4.69) is 4.98 Å². The van der Waals surface area contributed by atoms with Gasteiger partial charge in [-0.05, 0) is 25.0 Å². The summed E-state index contributed by atoms with van der Waals surface area (Å²) in [7, 11) is 0.171. The van der Waals surface area contributed by atoms with Gasteiger partial charge in [0, 0.05) is 37.9 Å². The molecule has 2 aromatic rings. The average Bonchev–Trinajstić information content (AvgIpc) is 3.16. The van der Waals surface area contributed by atoms with Crippen LogP contribution in [0.3, 0.4) is 0 Å². The molecule has 0 unspecified atom stereocenters. The number of amides is 1. The molecule has 27 heavy (non-hydrogen) atoms. The number of hydrogen-bond acceptors (Lipinski definition) is 5. The van der Waals surface area contributed by atoms with E-state index in [0.717, 1.165) is 11.3 Å². The van der Waals surface area contributed by atoms with E-state index in [0.29, 0.717) is 31.6 Å². The average molecular weight is 392 g/mol. The third-order valence-corrected chi connectivity index (χ3v) is 6.21. The SMILES string of the molecule is COc1cccc(-c2cn(C(=O)N(C)C3CCN(S(C)(=O)=O)CC3)cn2)c1. The molecule has 3 rings (SSSR count). The van der Waals surface area contributed by atoms with Crippen LogP contribution in [-0.4, -0.2) is 72.7 Å². The number of imidazole rings is 1. The van der Waals surface area contributed by atoms with Crippen molar-refractivity contribution in [2.45, 2.75) is 18.9 Å². The molecule has 0 aliphatic carbocycles. The minimum Gasteiger partial charge on any atom is -0.497 e. The van der Waals surface area contributed by atoms with Gasteiger partial charge in [-0.25, -0.2) is 22.5 Å². The summed E-state index contributed by atoms with van der Waals surface area (Å²) in [6.45, 7) is 0.861. The van der Waals surface area contributed by atoms with Crippen LogP contribution in [0.15, 0.2) is 36.8 Å². The molecular weight excluding hydrogens is 368 g/mol. The number of sulfonamides is 1. The van der Waals surface area contributed by atoms with Crippen LogP contribution in [-0.2, 0) is 10.0 Å². The summed E-state index contributed by atoms with van der Waals surface area (Å²) in [5.74, 6) is 0.725. The molecule has 1 saturated heterocycles. The monoisotopic (exact) mass is 392 g/mol. The standard InChI is InChI=1S/C18H24N4O4S/c1-20(15-7-9-22(10-8-15)27(3,24)25)18(23)21-12-17(19-13-21)14-5-4-6-16(11-14)26-2/h4-6,11-13,15H,7-10H2,1-3H3.